The zero-order valence-electron chi connectivity index (χ0n) is 18.8. The van der Waals surface area contributed by atoms with Crippen molar-refractivity contribution >= 4 is 5.91 Å². The van der Waals surface area contributed by atoms with Crippen molar-refractivity contribution < 1.29 is 14.3 Å². The summed E-state index contributed by atoms with van der Waals surface area (Å²) in [6.07, 6.45) is 10.1. The molecule has 0 bridgehead atoms. The van der Waals surface area contributed by atoms with Crippen LogP contribution in [0.15, 0.2) is 54.9 Å². The summed E-state index contributed by atoms with van der Waals surface area (Å²) in [5, 5.41) is 0. The monoisotopic (exact) mass is 436 g/mol. The number of amides is 1. The number of rotatable bonds is 8. The van der Waals surface area contributed by atoms with Gasteiger partial charge in [-0.1, -0.05) is 42.5 Å². The molecule has 2 aliphatic heterocycles. The molecule has 2 aromatic rings. The molecule has 32 heavy (non-hydrogen) atoms. The van der Waals surface area contributed by atoms with Crippen LogP contribution in [0.2, 0.25) is 0 Å². The zero-order chi connectivity index (χ0) is 22.2. The minimum atomic E-state index is -0.818. The largest absolute Gasteiger partial charge is 0.384 e. The van der Waals surface area contributed by atoms with E-state index >= 15 is 0 Å². The predicted molar refractivity (Wildman–Crippen MR) is 122 cm³/mol. The highest BCUT2D eigenvalue weighted by Gasteiger charge is 2.45. The van der Waals surface area contributed by atoms with Gasteiger partial charge in [-0.25, -0.2) is 9.97 Å². The van der Waals surface area contributed by atoms with Crippen LogP contribution in [0.1, 0.15) is 23.4 Å². The molecule has 0 radical (unpaired) electrons. The summed E-state index contributed by atoms with van der Waals surface area (Å²) in [7, 11) is 1.68. The Balaban J connectivity index is 1.40. The minimum Gasteiger partial charge on any atom is -0.384 e. The molecule has 1 aromatic carbocycles. The van der Waals surface area contributed by atoms with Gasteiger partial charge in [0.1, 0.15) is 5.82 Å². The number of aromatic nitrogens is 2. The third-order valence-electron chi connectivity index (χ3n) is 6.09. The molecule has 1 spiro atoms. The Labute approximate surface area is 190 Å². The van der Waals surface area contributed by atoms with E-state index in [0.29, 0.717) is 52.2 Å². The van der Waals surface area contributed by atoms with Gasteiger partial charge in [0.25, 0.3) is 5.91 Å². The fourth-order valence-corrected chi connectivity index (χ4v) is 4.32. The molecule has 7 heteroatoms. The second-order valence-corrected chi connectivity index (χ2v) is 8.47. The molecular weight excluding hydrogens is 404 g/mol. The van der Waals surface area contributed by atoms with Crippen LogP contribution in [0, 0.1) is 0 Å². The van der Waals surface area contributed by atoms with Crippen LogP contribution in [0.5, 0.6) is 0 Å². The van der Waals surface area contributed by atoms with Gasteiger partial charge < -0.3 is 14.4 Å². The van der Waals surface area contributed by atoms with Crippen molar-refractivity contribution in [1.82, 2.24) is 19.8 Å². The number of methoxy groups -OCH3 is 1. The summed E-state index contributed by atoms with van der Waals surface area (Å²) < 4.78 is 11.3. The molecule has 1 amide bonds. The van der Waals surface area contributed by atoms with E-state index in [1.54, 1.807) is 7.11 Å². The van der Waals surface area contributed by atoms with Crippen LogP contribution in [0.3, 0.4) is 0 Å². The van der Waals surface area contributed by atoms with Crippen LogP contribution in [0.4, 0.5) is 0 Å². The topological polar surface area (TPSA) is 67.8 Å². The summed E-state index contributed by atoms with van der Waals surface area (Å²) in [6, 6.07) is 10.3. The lowest BCUT2D eigenvalue weighted by molar-refractivity contribution is -0.170. The molecule has 4 rings (SSSR count). The SMILES string of the molecule is COCCc1ncc(CN2CCO[C@]3(CC=CCN(CCc4ccccc4)C3=O)C2)cn1. The Morgan fingerprint density at radius 1 is 1.09 bits per heavy atom. The number of ether oxygens (including phenoxy) is 2. The summed E-state index contributed by atoms with van der Waals surface area (Å²) in [6.45, 7) is 4.54. The number of carbonyl (C=O) groups excluding carboxylic acids is 1. The van der Waals surface area contributed by atoms with Gasteiger partial charge in [0.05, 0.1) is 13.2 Å². The quantitative estimate of drug-likeness (QED) is 0.592. The van der Waals surface area contributed by atoms with Crippen LogP contribution >= 0.6 is 0 Å². The van der Waals surface area contributed by atoms with Gasteiger partial charge >= 0.3 is 0 Å². The Morgan fingerprint density at radius 3 is 2.69 bits per heavy atom. The lowest BCUT2D eigenvalue weighted by atomic mass is 9.95. The number of hydrogen-bond donors (Lipinski definition) is 0. The Hall–Kier alpha value is -2.61. The molecule has 7 nitrogen and oxygen atoms in total. The smallest absolute Gasteiger partial charge is 0.256 e. The highest BCUT2D eigenvalue weighted by molar-refractivity contribution is 5.86. The molecule has 0 aliphatic carbocycles. The fraction of sp³-hybridized carbons (Fsp3) is 0.480. The molecule has 1 fully saturated rings. The molecule has 0 saturated carbocycles. The van der Waals surface area contributed by atoms with Gasteiger partial charge in [-0.05, 0) is 12.0 Å². The Kier molecular flexibility index (Phi) is 7.63. The average molecular weight is 437 g/mol. The molecule has 0 N–H and O–H groups in total. The van der Waals surface area contributed by atoms with E-state index in [0.717, 1.165) is 24.4 Å². The van der Waals surface area contributed by atoms with E-state index < -0.39 is 5.60 Å². The maximum Gasteiger partial charge on any atom is 0.256 e. The van der Waals surface area contributed by atoms with Crippen LogP contribution in [0.25, 0.3) is 0 Å². The van der Waals surface area contributed by atoms with E-state index in [1.807, 2.05) is 35.5 Å². The van der Waals surface area contributed by atoms with E-state index in [2.05, 4.69) is 39.2 Å². The van der Waals surface area contributed by atoms with Crippen LogP contribution in [-0.4, -0.2) is 77.8 Å². The summed E-state index contributed by atoms with van der Waals surface area (Å²) >= 11 is 0. The van der Waals surface area contributed by atoms with E-state index in [9.17, 15) is 4.79 Å². The van der Waals surface area contributed by atoms with Crippen LogP contribution in [-0.2, 0) is 33.7 Å². The van der Waals surface area contributed by atoms with Gasteiger partial charge in [0.15, 0.2) is 5.60 Å². The maximum absolute atomic E-state index is 13.6. The molecule has 1 saturated heterocycles. The van der Waals surface area contributed by atoms with E-state index in [-0.39, 0.29) is 5.91 Å². The highest BCUT2D eigenvalue weighted by atomic mass is 16.5. The number of morpholine rings is 1. The first kappa shape index (κ1) is 22.6. The lowest BCUT2D eigenvalue weighted by Gasteiger charge is -2.42. The first-order chi connectivity index (χ1) is 15.7. The minimum absolute atomic E-state index is 0.0919. The second-order valence-electron chi connectivity index (χ2n) is 8.47. The predicted octanol–water partition coefficient (Wildman–Crippen LogP) is 2.27. The van der Waals surface area contributed by atoms with E-state index in [1.165, 1.54) is 5.56 Å². The Morgan fingerprint density at radius 2 is 1.91 bits per heavy atom. The first-order valence-corrected chi connectivity index (χ1v) is 11.3. The molecular formula is C25H32N4O3. The first-order valence-electron chi connectivity index (χ1n) is 11.3. The summed E-state index contributed by atoms with van der Waals surface area (Å²) in [5.74, 6) is 0.876. The lowest BCUT2D eigenvalue weighted by Crippen LogP contribution is -2.60. The fourth-order valence-electron chi connectivity index (χ4n) is 4.32. The summed E-state index contributed by atoms with van der Waals surface area (Å²) in [5.41, 5.74) is 1.46. The molecule has 3 heterocycles. The standard InChI is InChI=1S/C25H32N4O3/c1-31-15-10-23-26-17-22(18-27-23)19-28-14-16-32-25(20-28)11-5-6-12-29(24(25)30)13-9-21-7-3-2-4-8-21/h2-8,17-18H,9-16,19-20H2,1H3/t25-/m1/s1. The summed E-state index contributed by atoms with van der Waals surface area (Å²) in [4.78, 5) is 26.7. The number of hydrogen-bond acceptors (Lipinski definition) is 6. The van der Waals surface area contributed by atoms with Gasteiger partial charge in [-0.2, -0.15) is 0 Å². The van der Waals surface area contributed by atoms with Gasteiger partial charge in [-0.15, -0.1) is 0 Å². The van der Waals surface area contributed by atoms with Gasteiger partial charge in [0.2, 0.25) is 0 Å². The molecule has 170 valence electrons. The van der Waals surface area contributed by atoms with Crippen molar-refractivity contribution in [3.8, 4) is 0 Å². The van der Waals surface area contributed by atoms with E-state index in [4.69, 9.17) is 9.47 Å². The molecule has 1 aromatic heterocycles. The van der Waals surface area contributed by atoms with Gasteiger partial charge in [-0.3, -0.25) is 9.69 Å². The number of carbonyl (C=O) groups is 1. The molecule has 2 aliphatic rings. The maximum atomic E-state index is 13.6. The average Bonchev–Trinajstić information content (AvgIpc) is 2.97. The van der Waals surface area contributed by atoms with Crippen molar-refractivity contribution in [2.45, 2.75) is 31.4 Å². The van der Waals surface area contributed by atoms with Crippen molar-refractivity contribution in [2.75, 3.05) is 46.5 Å². The van der Waals surface area contributed by atoms with Crippen molar-refractivity contribution in [3.05, 3.63) is 71.8 Å². The third kappa shape index (κ3) is 5.59. The highest BCUT2D eigenvalue weighted by Crippen LogP contribution is 2.28. The zero-order valence-corrected chi connectivity index (χ0v) is 18.8. The number of benzene rings is 1. The second kappa shape index (κ2) is 10.8. The molecule has 1 atom stereocenters. The normalized spacial score (nSPS) is 21.8. The van der Waals surface area contributed by atoms with Crippen LogP contribution < -0.4 is 0 Å². The van der Waals surface area contributed by atoms with Gasteiger partial charge in [0, 0.05) is 70.6 Å². The van der Waals surface area contributed by atoms with Crippen molar-refractivity contribution in [2.24, 2.45) is 0 Å². The Bertz CT molecular complexity index is 903. The van der Waals surface area contributed by atoms with Crippen molar-refractivity contribution in [3.63, 3.8) is 0 Å². The molecule has 0 unspecified atom stereocenters. The number of nitrogens with zero attached hydrogens (tertiary/aromatic N) is 4. The van der Waals surface area contributed by atoms with Crippen molar-refractivity contribution in [1.29, 1.82) is 0 Å². The third-order valence-corrected chi connectivity index (χ3v) is 6.09.